The first-order chi connectivity index (χ1) is 17.3. The Kier molecular flexibility index (Phi) is 7.07. The highest BCUT2D eigenvalue weighted by molar-refractivity contribution is 9.10. The van der Waals surface area contributed by atoms with Crippen molar-refractivity contribution >= 4 is 44.1 Å². The van der Waals surface area contributed by atoms with Gasteiger partial charge < -0.3 is 20.5 Å². The summed E-state index contributed by atoms with van der Waals surface area (Å²) < 4.78 is 1.08. The Morgan fingerprint density at radius 2 is 2.08 bits per heavy atom. The lowest BCUT2D eigenvalue weighted by molar-refractivity contribution is -0.123. The van der Waals surface area contributed by atoms with Gasteiger partial charge in [-0.1, -0.05) is 41.1 Å². The number of carbonyl (C=O) groups excluding carboxylic acids is 2. The van der Waals surface area contributed by atoms with Crippen LogP contribution in [0.2, 0.25) is 0 Å². The van der Waals surface area contributed by atoms with Gasteiger partial charge >= 0.3 is 0 Å². The normalized spacial score (nSPS) is 18.8. The Labute approximate surface area is 224 Å². The number of ketones is 1. The number of anilines is 1. The number of halogens is 1. The predicted molar refractivity (Wildman–Crippen MR) is 148 cm³/mol. The van der Waals surface area contributed by atoms with Crippen molar-refractivity contribution in [2.75, 3.05) is 24.5 Å². The van der Waals surface area contributed by atoms with Crippen LogP contribution in [0.5, 0.6) is 0 Å². The van der Waals surface area contributed by atoms with Gasteiger partial charge in [-0.25, -0.2) is 4.98 Å². The number of amides is 1. The number of rotatable bonds is 8. The SMILES string of the molecule is CCc1c(-c2csc(N3CCNCC3C(=O)NC3(Cc4ccccc4Br)CC3)n2)[nH]c(C)c1C(C)=O. The standard InChI is InChI=1S/C27H32BrN5O2S/c1-4-19-23(17(3)34)16(2)30-24(19)21-15-36-26(31-21)33-12-11-29-14-22(33)25(35)32-27(9-10-27)13-18-7-5-6-8-20(18)28/h5-8,15,22,29-30H,4,9-14H2,1-3H3,(H,32,35). The molecule has 2 fully saturated rings. The van der Waals surface area contributed by atoms with Crippen LogP contribution in [0.25, 0.3) is 11.4 Å². The molecule has 1 aromatic carbocycles. The van der Waals surface area contributed by atoms with E-state index >= 15 is 0 Å². The molecule has 1 aliphatic carbocycles. The number of thiazole rings is 1. The van der Waals surface area contributed by atoms with Crippen LogP contribution in [0.1, 0.15) is 53.9 Å². The minimum Gasteiger partial charge on any atom is -0.356 e. The Bertz CT molecular complexity index is 1300. The first-order valence-corrected chi connectivity index (χ1v) is 14.2. The molecule has 5 rings (SSSR count). The Balaban J connectivity index is 1.35. The molecule has 1 saturated heterocycles. The maximum absolute atomic E-state index is 13.5. The van der Waals surface area contributed by atoms with E-state index in [-0.39, 0.29) is 23.3 Å². The van der Waals surface area contributed by atoms with Gasteiger partial charge in [0.25, 0.3) is 0 Å². The number of nitrogens with one attached hydrogen (secondary N) is 3. The predicted octanol–water partition coefficient (Wildman–Crippen LogP) is 4.64. The summed E-state index contributed by atoms with van der Waals surface area (Å²) in [6.45, 7) is 7.71. The van der Waals surface area contributed by atoms with Crippen molar-refractivity contribution in [2.24, 2.45) is 0 Å². The molecule has 0 radical (unpaired) electrons. The van der Waals surface area contributed by atoms with Gasteiger partial charge in [-0.15, -0.1) is 11.3 Å². The summed E-state index contributed by atoms with van der Waals surface area (Å²) in [5, 5.41) is 9.63. The fraction of sp³-hybridized carbons (Fsp3) is 0.444. The van der Waals surface area contributed by atoms with Crippen LogP contribution in [-0.4, -0.2) is 52.9 Å². The lowest BCUT2D eigenvalue weighted by Gasteiger charge is -2.36. The third-order valence-corrected chi connectivity index (χ3v) is 8.92. The Morgan fingerprint density at radius 3 is 2.78 bits per heavy atom. The molecule has 1 saturated carbocycles. The van der Waals surface area contributed by atoms with E-state index in [1.54, 1.807) is 18.3 Å². The van der Waals surface area contributed by atoms with Gasteiger partial charge in [-0.05, 0) is 56.7 Å². The maximum Gasteiger partial charge on any atom is 0.244 e. The second-order valence-electron chi connectivity index (χ2n) is 9.85. The van der Waals surface area contributed by atoms with Gasteiger partial charge in [-0.2, -0.15) is 0 Å². The van der Waals surface area contributed by atoms with E-state index in [1.807, 2.05) is 24.4 Å². The highest BCUT2D eigenvalue weighted by Gasteiger charge is 2.46. The van der Waals surface area contributed by atoms with Crippen molar-refractivity contribution in [1.82, 2.24) is 20.6 Å². The molecule has 1 amide bonds. The smallest absolute Gasteiger partial charge is 0.244 e. The molecule has 0 spiro atoms. The zero-order valence-corrected chi connectivity index (χ0v) is 23.3. The van der Waals surface area contributed by atoms with Crippen LogP contribution in [0.15, 0.2) is 34.1 Å². The minimum absolute atomic E-state index is 0.0485. The largest absolute Gasteiger partial charge is 0.356 e. The number of hydrogen-bond donors (Lipinski definition) is 3. The number of aromatic nitrogens is 2. The summed E-state index contributed by atoms with van der Waals surface area (Å²) in [7, 11) is 0. The van der Waals surface area contributed by atoms with Crippen LogP contribution in [-0.2, 0) is 17.6 Å². The van der Waals surface area contributed by atoms with Crippen LogP contribution in [0.4, 0.5) is 5.13 Å². The second-order valence-corrected chi connectivity index (χ2v) is 11.5. The number of hydrogen-bond acceptors (Lipinski definition) is 6. The zero-order valence-electron chi connectivity index (χ0n) is 20.9. The number of nitrogens with zero attached hydrogens (tertiary/aromatic N) is 2. The Hall–Kier alpha value is -2.49. The third kappa shape index (κ3) is 4.88. The quantitative estimate of drug-likeness (QED) is 0.344. The van der Waals surface area contributed by atoms with E-state index in [2.05, 4.69) is 55.5 Å². The first kappa shape index (κ1) is 25.2. The van der Waals surface area contributed by atoms with Crippen LogP contribution < -0.4 is 15.5 Å². The van der Waals surface area contributed by atoms with Crippen LogP contribution >= 0.6 is 27.3 Å². The van der Waals surface area contributed by atoms with Crippen LogP contribution in [0, 0.1) is 6.92 Å². The van der Waals surface area contributed by atoms with E-state index in [9.17, 15) is 9.59 Å². The molecule has 190 valence electrons. The number of carbonyl (C=O) groups is 2. The van der Waals surface area contributed by atoms with Crippen molar-refractivity contribution in [3.05, 3.63) is 56.5 Å². The summed E-state index contributed by atoms with van der Waals surface area (Å²) in [5.74, 6) is 0.116. The molecule has 3 N–H and O–H groups in total. The third-order valence-electron chi connectivity index (χ3n) is 7.27. The molecule has 0 bridgehead atoms. The molecule has 2 aliphatic rings. The van der Waals surface area contributed by atoms with E-state index in [4.69, 9.17) is 4.98 Å². The van der Waals surface area contributed by atoms with Crippen molar-refractivity contribution in [2.45, 2.75) is 58.0 Å². The first-order valence-electron chi connectivity index (χ1n) is 12.5. The summed E-state index contributed by atoms with van der Waals surface area (Å²) in [5.41, 5.74) is 5.44. The molecular formula is C27H32BrN5O2S. The van der Waals surface area contributed by atoms with Gasteiger partial charge in [-0.3, -0.25) is 9.59 Å². The molecule has 2 aromatic heterocycles. The lowest BCUT2D eigenvalue weighted by atomic mass is 10.0. The maximum atomic E-state index is 13.5. The molecule has 1 aliphatic heterocycles. The van der Waals surface area contributed by atoms with Crippen LogP contribution in [0.3, 0.4) is 0 Å². The molecule has 9 heteroatoms. The number of H-pyrrole nitrogens is 1. The fourth-order valence-corrected chi connectivity index (χ4v) is 6.57. The number of aromatic amines is 1. The summed E-state index contributed by atoms with van der Waals surface area (Å²) >= 11 is 5.19. The average molecular weight is 571 g/mol. The van der Waals surface area contributed by atoms with Gasteiger partial charge in [0.15, 0.2) is 10.9 Å². The monoisotopic (exact) mass is 569 g/mol. The van der Waals surface area contributed by atoms with Gasteiger partial charge in [0.2, 0.25) is 5.91 Å². The van der Waals surface area contributed by atoms with Crippen molar-refractivity contribution in [1.29, 1.82) is 0 Å². The number of benzene rings is 1. The molecule has 7 nitrogen and oxygen atoms in total. The lowest BCUT2D eigenvalue weighted by Crippen LogP contribution is -2.60. The van der Waals surface area contributed by atoms with E-state index in [0.29, 0.717) is 13.1 Å². The zero-order chi connectivity index (χ0) is 25.4. The van der Waals surface area contributed by atoms with E-state index in [0.717, 1.165) is 70.0 Å². The number of piperazine rings is 1. The van der Waals surface area contributed by atoms with Crippen molar-refractivity contribution < 1.29 is 9.59 Å². The summed E-state index contributed by atoms with van der Waals surface area (Å²) in [4.78, 5) is 36.2. The van der Waals surface area contributed by atoms with Gasteiger partial charge in [0.1, 0.15) is 11.7 Å². The number of aryl methyl sites for hydroxylation is 1. The molecule has 1 unspecified atom stereocenters. The summed E-state index contributed by atoms with van der Waals surface area (Å²) in [6.07, 6.45) is 3.56. The Morgan fingerprint density at radius 1 is 1.31 bits per heavy atom. The fourth-order valence-electron chi connectivity index (χ4n) is 5.25. The molecule has 1 atom stereocenters. The second kappa shape index (κ2) is 10.1. The molecule has 3 aromatic rings. The summed E-state index contributed by atoms with van der Waals surface area (Å²) in [6, 6.07) is 7.90. The van der Waals surface area contributed by atoms with Crippen molar-refractivity contribution in [3.8, 4) is 11.4 Å². The van der Waals surface area contributed by atoms with E-state index < -0.39 is 0 Å². The van der Waals surface area contributed by atoms with E-state index in [1.165, 1.54) is 5.56 Å². The minimum atomic E-state index is -0.321. The topological polar surface area (TPSA) is 90.1 Å². The van der Waals surface area contributed by atoms with Gasteiger partial charge in [0, 0.05) is 46.3 Å². The molecule has 3 heterocycles. The molecule has 36 heavy (non-hydrogen) atoms. The highest BCUT2D eigenvalue weighted by atomic mass is 79.9. The molecular weight excluding hydrogens is 538 g/mol. The van der Waals surface area contributed by atoms with Crippen molar-refractivity contribution in [3.63, 3.8) is 0 Å². The average Bonchev–Trinajstić information content (AvgIpc) is 3.27. The number of Topliss-reactive ketones (excluding diaryl/α,β-unsaturated/α-hetero) is 1. The van der Waals surface area contributed by atoms with Gasteiger partial charge in [0.05, 0.1) is 5.69 Å². The highest BCUT2D eigenvalue weighted by Crippen LogP contribution is 2.40.